The summed E-state index contributed by atoms with van der Waals surface area (Å²) in [5, 5.41) is 7.95. The Balaban J connectivity index is 1.80. The fourth-order valence-electron chi connectivity index (χ4n) is 2.80. The zero-order valence-electron chi connectivity index (χ0n) is 10.4. The highest BCUT2D eigenvalue weighted by molar-refractivity contribution is 4.99. The maximum absolute atomic E-state index is 4.34. The van der Waals surface area contributed by atoms with Crippen LogP contribution < -0.4 is 5.32 Å². The predicted molar refractivity (Wildman–Crippen MR) is 66.4 cm³/mol. The topological polar surface area (TPSA) is 29.9 Å². The normalized spacial score (nSPS) is 25.1. The summed E-state index contributed by atoms with van der Waals surface area (Å²) in [7, 11) is 0. The van der Waals surface area contributed by atoms with Gasteiger partial charge in [-0.15, -0.1) is 0 Å². The number of nitrogens with zero attached hydrogens (tertiary/aromatic N) is 2. The smallest absolute Gasteiger partial charge is 0.0518 e. The number of aromatic nitrogens is 2. The van der Waals surface area contributed by atoms with Crippen molar-refractivity contribution in [2.24, 2.45) is 5.92 Å². The summed E-state index contributed by atoms with van der Waals surface area (Å²) in [6.45, 7) is 6.47. The highest BCUT2D eigenvalue weighted by atomic mass is 15.3. The minimum absolute atomic E-state index is 0.752. The van der Waals surface area contributed by atoms with Crippen LogP contribution in [0.1, 0.15) is 38.2 Å². The molecule has 3 heteroatoms. The van der Waals surface area contributed by atoms with E-state index in [0.29, 0.717) is 0 Å². The lowest BCUT2D eigenvalue weighted by atomic mass is 9.99. The summed E-state index contributed by atoms with van der Waals surface area (Å²) in [5.74, 6) is 0.851. The van der Waals surface area contributed by atoms with Gasteiger partial charge in [0.05, 0.1) is 6.20 Å². The summed E-state index contributed by atoms with van der Waals surface area (Å²) < 4.78 is 2.08. The van der Waals surface area contributed by atoms with Crippen molar-refractivity contribution < 1.29 is 0 Å². The molecule has 1 aliphatic rings. The van der Waals surface area contributed by atoms with Crippen LogP contribution in [0.4, 0.5) is 0 Å². The largest absolute Gasteiger partial charge is 0.314 e. The van der Waals surface area contributed by atoms with E-state index in [1.54, 1.807) is 0 Å². The van der Waals surface area contributed by atoms with E-state index in [2.05, 4.69) is 35.1 Å². The second kappa shape index (κ2) is 5.48. The molecule has 0 aliphatic heterocycles. The average molecular weight is 221 g/mol. The van der Waals surface area contributed by atoms with Gasteiger partial charge in [-0.05, 0) is 44.2 Å². The van der Waals surface area contributed by atoms with Crippen molar-refractivity contribution in [2.75, 3.05) is 6.54 Å². The van der Waals surface area contributed by atoms with Gasteiger partial charge in [0.15, 0.2) is 0 Å². The van der Waals surface area contributed by atoms with Crippen molar-refractivity contribution in [3.05, 3.63) is 18.0 Å². The monoisotopic (exact) mass is 221 g/mol. The third-order valence-electron chi connectivity index (χ3n) is 3.62. The zero-order valence-corrected chi connectivity index (χ0v) is 10.4. The Morgan fingerprint density at radius 2 is 2.38 bits per heavy atom. The van der Waals surface area contributed by atoms with Gasteiger partial charge < -0.3 is 5.32 Å². The van der Waals surface area contributed by atoms with E-state index in [1.165, 1.54) is 31.2 Å². The van der Waals surface area contributed by atoms with Crippen LogP contribution in [-0.4, -0.2) is 22.4 Å². The number of aryl methyl sites for hydroxylation is 2. The molecule has 1 fully saturated rings. The maximum Gasteiger partial charge on any atom is 0.0518 e. The molecule has 2 unspecified atom stereocenters. The summed E-state index contributed by atoms with van der Waals surface area (Å²) in [6, 6.07) is 0.752. The molecular weight excluding hydrogens is 198 g/mol. The predicted octanol–water partition coefficient (Wildman–Crippen LogP) is 2.36. The number of rotatable bonds is 5. The molecule has 1 aromatic rings. The van der Waals surface area contributed by atoms with E-state index >= 15 is 0 Å². The Morgan fingerprint density at radius 3 is 3.06 bits per heavy atom. The van der Waals surface area contributed by atoms with E-state index < -0.39 is 0 Å². The fraction of sp³-hybridized carbons (Fsp3) is 0.769. The van der Waals surface area contributed by atoms with Crippen LogP contribution in [0.5, 0.6) is 0 Å². The van der Waals surface area contributed by atoms with Gasteiger partial charge in [0, 0.05) is 18.8 Å². The summed E-state index contributed by atoms with van der Waals surface area (Å²) >= 11 is 0. The molecular formula is C13H23N3. The molecule has 2 rings (SSSR count). The van der Waals surface area contributed by atoms with Crippen molar-refractivity contribution in [3.63, 3.8) is 0 Å². The number of nitrogens with one attached hydrogen (secondary N) is 1. The third kappa shape index (κ3) is 2.85. The number of hydrogen-bond donors (Lipinski definition) is 1. The summed E-state index contributed by atoms with van der Waals surface area (Å²) in [6.07, 6.45) is 9.47. The van der Waals surface area contributed by atoms with Crippen molar-refractivity contribution >= 4 is 0 Å². The first-order valence-electron chi connectivity index (χ1n) is 6.52. The Labute approximate surface area is 98.2 Å². The van der Waals surface area contributed by atoms with E-state index in [-0.39, 0.29) is 0 Å². The van der Waals surface area contributed by atoms with Crippen LogP contribution in [-0.2, 0) is 6.54 Å². The summed E-state index contributed by atoms with van der Waals surface area (Å²) in [5.41, 5.74) is 1.26. The second-order valence-corrected chi connectivity index (χ2v) is 4.92. The van der Waals surface area contributed by atoms with Crippen LogP contribution in [0.2, 0.25) is 0 Å². The minimum Gasteiger partial charge on any atom is -0.314 e. The first-order chi connectivity index (χ1) is 7.79. The molecule has 1 heterocycles. The van der Waals surface area contributed by atoms with E-state index in [0.717, 1.165) is 25.0 Å². The van der Waals surface area contributed by atoms with Crippen LogP contribution in [0, 0.1) is 12.8 Å². The van der Waals surface area contributed by atoms with Gasteiger partial charge in [-0.1, -0.05) is 13.3 Å². The van der Waals surface area contributed by atoms with E-state index in [9.17, 15) is 0 Å². The minimum atomic E-state index is 0.752. The van der Waals surface area contributed by atoms with Gasteiger partial charge in [-0.3, -0.25) is 4.68 Å². The molecule has 1 N–H and O–H groups in total. The molecule has 0 spiro atoms. The van der Waals surface area contributed by atoms with Crippen molar-refractivity contribution in [1.82, 2.24) is 15.1 Å². The quantitative estimate of drug-likeness (QED) is 0.827. The second-order valence-electron chi connectivity index (χ2n) is 4.92. The standard InChI is InChI=1S/C13H23N3/c1-3-14-13-6-4-5-12(13)7-8-16-10-11(2)9-15-16/h9-10,12-14H,3-8H2,1-2H3. The molecule has 0 aromatic carbocycles. The van der Waals surface area contributed by atoms with E-state index in [1.807, 2.05) is 6.20 Å². The lowest BCUT2D eigenvalue weighted by Crippen LogP contribution is -2.32. The molecule has 1 aromatic heterocycles. The van der Waals surface area contributed by atoms with Crippen LogP contribution in [0.15, 0.2) is 12.4 Å². The van der Waals surface area contributed by atoms with Crippen molar-refractivity contribution in [3.8, 4) is 0 Å². The number of hydrogen-bond acceptors (Lipinski definition) is 2. The van der Waals surface area contributed by atoms with Crippen LogP contribution in [0.25, 0.3) is 0 Å². The van der Waals surface area contributed by atoms with Gasteiger partial charge in [-0.25, -0.2) is 0 Å². The maximum atomic E-state index is 4.34. The van der Waals surface area contributed by atoms with Gasteiger partial charge in [0.1, 0.15) is 0 Å². The molecule has 0 bridgehead atoms. The Kier molecular flexibility index (Phi) is 3.99. The van der Waals surface area contributed by atoms with Gasteiger partial charge >= 0.3 is 0 Å². The first kappa shape index (κ1) is 11.6. The van der Waals surface area contributed by atoms with Gasteiger partial charge in [-0.2, -0.15) is 5.10 Å². The molecule has 90 valence electrons. The molecule has 16 heavy (non-hydrogen) atoms. The fourth-order valence-corrected chi connectivity index (χ4v) is 2.80. The molecule has 0 radical (unpaired) electrons. The average Bonchev–Trinajstić information content (AvgIpc) is 2.85. The summed E-state index contributed by atoms with van der Waals surface area (Å²) in [4.78, 5) is 0. The van der Waals surface area contributed by atoms with Crippen LogP contribution >= 0.6 is 0 Å². The van der Waals surface area contributed by atoms with Gasteiger partial charge in [0.2, 0.25) is 0 Å². The molecule has 1 saturated carbocycles. The molecule has 1 aliphatic carbocycles. The lowest BCUT2D eigenvalue weighted by molar-refractivity contribution is 0.359. The Bertz CT molecular complexity index is 319. The van der Waals surface area contributed by atoms with E-state index in [4.69, 9.17) is 0 Å². The van der Waals surface area contributed by atoms with Gasteiger partial charge in [0.25, 0.3) is 0 Å². The van der Waals surface area contributed by atoms with Crippen molar-refractivity contribution in [1.29, 1.82) is 0 Å². The lowest BCUT2D eigenvalue weighted by Gasteiger charge is -2.20. The highest BCUT2D eigenvalue weighted by Gasteiger charge is 2.25. The molecule has 0 amide bonds. The van der Waals surface area contributed by atoms with Crippen LogP contribution in [0.3, 0.4) is 0 Å². The zero-order chi connectivity index (χ0) is 11.4. The molecule has 3 nitrogen and oxygen atoms in total. The third-order valence-corrected chi connectivity index (χ3v) is 3.62. The SMILES string of the molecule is CCNC1CCCC1CCn1cc(C)cn1. The Hall–Kier alpha value is -0.830. The first-order valence-corrected chi connectivity index (χ1v) is 6.52. The Morgan fingerprint density at radius 1 is 1.50 bits per heavy atom. The molecule has 2 atom stereocenters. The molecule has 0 saturated heterocycles. The van der Waals surface area contributed by atoms with Crippen molar-refractivity contribution in [2.45, 2.75) is 52.1 Å². The highest BCUT2D eigenvalue weighted by Crippen LogP contribution is 2.28.